The highest BCUT2D eigenvalue weighted by Gasteiger charge is 2.60. The maximum atomic E-state index is 17.0. The zero-order valence-corrected chi connectivity index (χ0v) is 77.2. The first-order valence-corrected chi connectivity index (χ1v) is 55.9. The predicted molar refractivity (Wildman–Crippen MR) is 439 cm³/mol. The zero-order chi connectivity index (χ0) is 77.3. The smallest absolute Gasteiger partial charge is 0.193 e. The average Bonchev–Trinajstić information content (AvgIpc) is 1.19. The van der Waals surface area contributed by atoms with Crippen LogP contribution in [-0.2, 0) is 82.3 Å². The molecular weight excluding hydrogens is 1520 g/mol. The molecule has 6 saturated heterocycles. The van der Waals surface area contributed by atoms with Crippen molar-refractivity contribution in [2.75, 3.05) is 26.9 Å². The van der Waals surface area contributed by atoms with Crippen LogP contribution in [0.1, 0.15) is 205 Å². The third kappa shape index (κ3) is 22.3. The maximum Gasteiger partial charge on any atom is 0.193 e. The van der Waals surface area contributed by atoms with Crippen LogP contribution in [0.25, 0.3) is 0 Å². The first-order valence-electron chi connectivity index (χ1n) is 39.1. The van der Waals surface area contributed by atoms with E-state index in [-0.39, 0.29) is 85.0 Å². The van der Waals surface area contributed by atoms with E-state index in [1.165, 1.54) is 0 Å². The highest BCUT2D eigenvalue weighted by atomic mass is 127. The van der Waals surface area contributed by atoms with E-state index in [2.05, 4.69) is 218 Å². The van der Waals surface area contributed by atoms with Gasteiger partial charge in [-0.05, 0) is 193 Å². The lowest BCUT2D eigenvalue weighted by atomic mass is 9.76. The van der Waals surface area contributed by atoms with E-state index in [0.717, 1.165) is 55.2 Å². The zero-order valence-electron chi connectivity index (χ0n) is 69.2. The molecule has 0 amide bonds. The van der Waals surface area contributed by atoms with Crippen LogP contribution in [-0.4, -0.2) is 181 Å². The van der Waals surface area contributed by atoms with Crippen LogP contribution in [0.5, 0.6) is 0 Å². The number of hydrogen-bond donors (Lipinski definition) is 1. The second-order valence-corrected chi connectivity index (χ2v) is 64.4. The molecule has 1 N–H and O–H groups in total. The van der Waals surface area contributed by atoms with Gasteiger partial charge in [0.05, 0.1) is 97.8 Å². The van der Waals surface area contributed by atoms with Gasteiger partial charge < -0.3 is 64.6 Å². The summed E-state index contributed by atoms with van der Waals surface area (Å²) in [6.07, 6.45) is 2.91. The molecule has 103 heavy (non-hydrogen) atoms. The Morgan fingerprint density at radius 3 is 1.81 bits per heavy atom. The van der Waals surface area contributed by atoms with Gasteiger partial charge in [-0.3, -0.25) is 4.79 Å². The molecule has 6 unspecified atom stereocenters. The average molecular weight is 1660 g/mol. The Bertz CT molecular complexity index is 3030. The molecule has 7 rings (SSSR count). The largest absolute Gasteiger partial charge is 0.414 e. The van der Waals surface area contributed by atoms with Crippen LogP contribution in [0.2, 0.25) is 90.7 Å². The molecule has 0 spiro atoms. The summed E-state index contributed by atoms with van der Waals surface area (Å²) in [5, 5.41) is -0.621. The first kappa shape index (κ1) is 89.7. The number of methoxy groups -OCH3 is 1. The summed E-state index contributed by atoms with van der Waals surface area (Å²) >= 11 is -0.0428. The second kappa shape index (κ2) is 35.3. The molecule has 1 aromatic carbocycles. The Labute approximate surface area is 646 Å². The fraction of sp³-hybridized carbons (Fsp3) is 0.838. The Morgan fingerprint density at radius 1 is 0.689 bits per heavy atom. The summed E-state index contributed by atoms with van der Waals surface area (Å²) in [7, 11) is -10.7. The van der Waals surface area contributed by atoms with Crippen LogP contribution >= 0.6 is 22.6 Å². The lowest BCUT2D eigenvalue weighted by molar-refractivity contribution is -0.268. The van der Waals surface area contributed by atoms with Gasteiger partial charge in [0.15, 0.2) is 59.0 Å². The van der Waals surface area contributed by atoms with E-state index in [1.54, 1.807) is 19.2 Å². The topological polar surface area (TPSA) is 174 Å². The lowest BCUT2D eigenvalue weighted by Crippen LogP contribution is -2.69. The van der Waals surface area contributed by atoms with Gasteiger partial charge in [-0.15, -0.1) is 0 Å². The number of halogens is 1. The van der Waals surface area contributed by atoms with Crippen LogP contribution in [0.15, 0.2) is 57.6 Å². The van der Waals surface area contributed by atoms with Gasteiger partial charge >= 0.3 is 0 Å². The van der Waals surface area contributed by atoms with Crippen molar-refractivity contribution in [2.45, 2.75) is 394 Å². The molecule has 0 aromatic heterocycles. The molecule has 16 nitrogen and oxygen atoms in total. The van der Waals surface area contributed by atoms with Gasteiger partial charge in [0.2, 0.25) is 0 Å². The van der Waals surface area contributed by atoms with Crippen molar-refractivity contribution in [3.8, 4) is 0 Å². The molecule has 0 radical (unpaired) electrons. The van der Waals surface area contributed by atoms with Gasteiger partial charge in [0.25, 0.3) is 0 Å². The van der Waals surface area contributed by atoms with E-state index < -0.39 is 126 Å². The molecule has 0 bridgehead atoms. The number of fused-ring (bicyclic) bond motifs is 1. The summed E-state index contributed by atoms with van der Waals surface area (Å²) in [6.45, 7) is 72.2. The molecule has 592 valence electrons. The lowest BCUT2D eigenvalue weighted by Gasteiger charge is -2.56. The second-order valence-electron chi connectivity index (χ2n) is 38.8. The van der Waals surface area contributed by atoms with Gasteiger partial charge in [-0.25, -0.2) is 4.21 Å². The molecule has 0 saturated carbocycles. The van der Waals surface area contributed by atoms with Gasteiger partial charge in [0, 0.05) is 38.7 Å². The van der Waals surface area contributed by atoms with Gasteiger partial charge in [0.1, 0.15) is 30.2 Å². The van der Waals surface area contributed by atoms with E-state index >= 15 is 4.79 Å². The monoisotopic (exact) mass is 1660 g/mol. The molecule has 6 fully saturated rings. The molecular formula is C80H143IO16SSi5. The summed E-state index contributed by atoms with van der Waals surface area (Å²) in [4.78, 5) is 17.2. The van der Waals surface area contributed by atoms with Crippen LogP contribution in [0.4, 0.5) is 0 Å². The van der Waals surface area contributed by atoms with Crippen molar-refractivity contribution in [3.63, 3.8) is 0 Å². The fourth-order valence-corrected chi connectivity index (χ4v) is 21.6. The van der Waals surface area contributed by atoms with Crippen molar-refractivity contribution in [1.29, 1.82) is 0 Å². The first-order chi connectivity index (χ1) is 47.3. The standard InChI is InChI=1S/C80H143IO16SSi5/c1-31-54-32-35-58(98(83)84)47-59(54)70(63-37-38-64-72(92-63)74(96-102(27,28)79(14,15)16)75(97-103(29,30)80(17,18)19)73(93-64)65(40-41-81)95-101(25,26)78(11,12)13)61(82)48-60-67(91-68(71(60)85-20)46-57(94-100(23,24)77(8,9)10)50-88-99(21,22)76(5,6)7)49-66-53(4)51(2)44-55(90-66)33-36-62-52(3)45-56(89-62)34-39-69-86-42-43-87-69/h32,35,40-41,47,51,55-57,60,62-75H,3-4,31,33-34,36-39,42-46,48-50H2,1-2,5-30H3,(H,83,84)/b41-40+/t51-,55+,56+,57?,60+,62+,63-,64+,65?,66-,67+,68-,70?,71-,72+,73+,74?,75?/m1/s1. The fourth-order valence-electron chi connectivity index (χ4n) is 14.5. The number of hydrogen-bond acceptors (Lipinski definition) is 15. The van der Waals surface area contributed by atoms with Crippen molar-refractivity contribution in [1.82, 2.24) is 0 Å². The summed E-state index contributed by atoms with van der Waals surface area (Å²) in [5.74, 6) is -1.28. The minimum atomic E-state index is -2.68. The highest BCUT2D eigenvalue weighted by molar-refractivity contribution is 14.1. The molecule has 23 heteroatoms. The van der Waals surface area contributed by atoms with Crippen LogP contribution in [0, 0.1) is 11.8 Å². The molecule has 19 atom stereocenters. The molecule has 6 aliphatic rings. The van der Waals surface area contributed by atoms with E-state index in [0.29, 0.717) is 57.5 Å². The number of ether oxygens (including phenoxy) is 8. The maximum absolute atomic E-state index is 17.0. The number of rotatable bonds is 31. The number of aryl methyl sites for hydroxylation is 1. The van der Waals surface area contributed by atoms with Gasteiger partial charge in [-0.2, -0.15) is 0 Å². The van der Waals surface area contributed by atoms with E-state index in [9.17, 15) is 8.76 Å². The molecule has 0 aliphatic carbocycles. The SMILES string of the molecule is C=C1C[C@H](CCC2OCCO2)O[C@H]1CC[C@H]1C[C@@H](C)C(=C)[C@@H](C[C@@H]2O[C@H](CC(CO[Si](C)(C)C(C)(C)C)O[Si](C)(C)C(C)(C)C)[C@H](OC)[C@H]2CC(=O)C(c2cc(S(=O)O)ccc2CC)[C@H]2CC[C@@H]3O[C@@H](C(/C=C/I)O[Si](C)(C)C(C)(C)C)C(O[Si](C)(C)C(C)(C)C)C(O[Si](C)(C)C(C)(C)C)[C@H]3O2)O1. The summed E-state index contributed by atoms with van der Waals surface area (Å²) in [5.41, 5.74) is 3.72. The Morgan fingerprint density at radius 2 is 1.25 bits per heavy atom. The van der Waals surface area contributed by atoms with Crippen LogP contribution < -0.4 is 0 Å². The quantitative estimate of drug-likeness (QED) is 0.0321. The summed E-state index contributed by atoms with van der Waals surface area (Å²) < 4.78 is 120. The van der Waals surface area contributed by atoms with Crippen molar-refractivity contribution >= 4 is 81.0 Å². The predicted octanol–water partition coefficient (Wildman–Crippen LogP) is 19.9. The summed E-state index contributed by atoms with van der Waals surface area (Å²) in [6, 6.07) is 5.40. The Kier molecular flexibility index (Phi) is 30.7. The van der Waals surface area contributed by atoms with Crippen molar-refractivity contribution in [2.24, 2.45) is 11.8 Å². The molecule has 1 aromatic rings. The highest BCUT2D eigenvalue weighted by Crippen LogP contribution is 2.51. The van der Waals surface area contributed by atoms with Crippen molar-refractivity contribution in [3.05, 3.63) is 63.8 Å². The minimum absolute atomic E-state index is 0.0367. The number of carbonyl (C=O) groups is 1. The van der Waals surface area contributed by atoms with Gasteiger partial charge in [-0.1, -0.05) is 160 Å². The number of ketones is 1. The number of benzene rings is 1. The molecule has 6 aliphatic heterocycles. The van der Waals surface area contributed by atoms with Crippen LogP contribution in [0.3, 0.4) is 0 Å². The Balaban J connectivity index is 1.33. The third-order valence-electron chi connectivity index (χ3n) is 26.2. The minimum Gasteiger partial charge on any atom is -0.414 e. The number of carbonyl (C=O) groups excluding carboxylic acids is 1. The normalized spacial score (nSPS) is 30.7. The number of Topliss-reactive ketones (excluding diaryl/α,β-unsaturated/α-hetero) is 1. The van der Waals surface area contributed by atoms with E-state index in [4.69, 9.17) is 66.6 Å². The van der Waals surface area contributed by atoms with Crippen molar-refractivity contribution < 1.29 is 73.6 Å². The molecule has 6 heterocycles. The van der Waals surface area contributed by atoms with E-state index in [1.807, 2.05) is 10.1 Å². The Hall–Kier alpha value is -0.486. The third-order valence-corrected chi connectivity index (χ3v) is 49.8.